The first-order valence-corrected chi connectivity index (χ1v) is 18.2. The standard InChI is InChI=1S/C47H27N3OS/c1-2-10-29(11-3-1)45-48-46(50-47(49-45)38-17-9-16-36-35-14-4-6-18-39(35)51-44(36)38)33-13-8-12-30(27-33)31-22-24-34-32(26-31)21-20-28-23-25-41-43(42(28)34)37-15-5-7-19-40(37)52-41/h1-27H. The molecule has 0 spiro atoms. The Morgan fingerprint density at radius 2 is 1.06 bits per heavy atom. The average Bonchev–Trinajstić information content (AvgIpc) is 3.79. The molecule has 242 valence electrons. The number of aromatic nitrogens is 3. The van der Waals surface area contributed by atoms with Gasteiger partial charge in [0.15, 0.2) is 17.5 Å². The van der Waals surface area contributed by atoms with Crippen molar-refractivity contribution >= 4 is 75.0 Å². The number of nitrogens with zero attached hydrogens (tertiary/aromatic N) is 3. The van der Waals surface area contributed by atoms with E-state index in [9.17, 15) is 0 Å². The van der Waals surface area contributed by atoms with Gasteiger partial charge in [0, 0.05) is 42.1 Å². The highest BCUT2D eigenvalue weighted by Gasteiger charge is 2.18. The lowest BCUT2D eigenvalue weighted by molar-refractivity contribution is 0.669. The summed E-state index contributed by atoms with van der Waals surface area (Å²) in [6.45, 7) is 0. The molecule has 0 unspecified atom stereocenters. The number of para-hydroxylation sites is 2. The molecule has 5 heteroatoms. The lowest BCUT2D eigenvalue weighted by atomic mass is 9.94. The van der Waals surface area contributed by atoms with E-state index in [0.29, 0.717) is 17.5 Å². The maximum atomic E-state index is 6.41. The zero-order valence-electron chi connectivity index (χ0n) is 27.7. The largest absolute Gasteiger partial charge is 0.455 e. The van der Waals surface area contributed by atoms with Crippen molar-refractivity contribution in [2.75, 3.05) is 0 Å². The highest BCUT2D eigenvalue weighted by Crippen LogP contribution is 2.42. The van der Waals surface area contributed by atoms with Crippen molar-refractivity contribution in [2.24, 2.45) is 0 Å². The van der Waals surface area contributed by atoms with Gasteiger partial charge < -0.3 is 4.42 Å². The summed E-state index contributed by atoms with van der Waals surface area (Å²) in [7, 11) is 0. The highest BCUT2D eigenvalue weighted by molar-refractivity contribution is 7.26. The molecule has 11 aromatic rings. The molecular formula is C47H27N3OS. The van der Waals surface area contributed by atoms with Gasteiger partial charge in [0.1, 0.15) is 11.2 Å². The molecule has 3 aromatic heterocycles. The Labute approximate surface area is 302 Å². The van der Waals surface area contributed by atoms with Crippen LogP contribution < -0.4 is 0 Å². The molecule has 0 atom stereocenters. The van der Waals surface area contributed by atoms with Crippen molar-refractivity contribution in [1.29, 1.82) is 0 Å². The molecule has 0 aliphatic heterocycles. The summed E-state index contributed by atoms with van der Waals surface area (Å²) in [5.41, 5.74) is 6.52. The maximum Gasteiger partial charge on any atom is 0.167 e. The van der Waals surface area contributed by atoms with Gasteiger partial charge in [-0.2, -0.15) is 0 Å². The molecule has 11 rings (SSSR count). The summed E-state index contributed by atoms with van der Waals surface area (Å²) in [6.07, 6.45) is 0. The van der Waals surface area contributed by atoms with E-state index < -0.39 is 0 Å². The van der Waals surface area contributed by atoms with Crippen LogP contribution in [0.1, 0.15) is 0 Å². The van der Waals surface area contributed by atoms with E-state index in [1.165, 1.54) is 41.7 Å². The number of hydrogen-bond donors (Lipinski definition) is 0. The first-order valence-electron chi connectivity index (χ1n) is 17.3. The van der Waals surface area contributed by atoms with Crippen LogP contribution in [0.15, 0.2) is 168 Å². The van der Waals surface area contributed by atoms with E-state index >= 15 is 0 Å². The molecule has 0 N–H and O–H groups in total. The molecular weight excluding hydrogens is 655 g/mol. The Morgan fingerprint density at radius 1 is 0.385 bits per heavy atom. The SMILES string of the molecule is c1ccc(-c2nc(-c3cccc(-c4ccc5c(ccc6ccc7sc8ccccc8c7c65)c4)c3)nc(-c3cccc4c3oc3ccccc34)n2)cc1. The normalized spacial score (nSPS) is 11.8. The molecule has 0 bridgehead atoms. The monoisotopic (exact) mass is 681 g/mol. The van der Waals surface area contributed by atoms with Crippen LogP contribution in [-0.2, 0) is 0 Å². The van der Waals surface area contributed by atoms with Crippen molar-refractivity contribution in [3.63, 3.8) is 0 Å². The first-order chi connectivity index (χ1) is 25.7. The van der Waals surface area contributed by atoms with Gasteiger partial charge in [-0.25, -0.2) is 15.0 Å². The molecule has 0 saturated heterocycles. The fraction of sp³-hybridized carbons (Fsp3) is 0. The third kappa shape index (κ3) is 4.57. The smallest absolute Gasteiger partial charge is 0.167 e. The second-order valence-electron chi connectivity index (χ2n) is 13.2. The number of thiophene rings is 1. The van der Waals surface area contributed by atoms with Gasteiger partial charge in [-0.15, -0.1) is 11.3 Å². The zero-order chi connectivity index (χ0) is 34.2. The highest BCUT2D eigenvalue weighted by atomic mass is 32.1. The van der Waals surface area contributed by atoms with Crippen LogP contribution in [0.5, 0.6) is 0 Å². The van der Waals surface area contributed by atoms with Gasteiger partial charge in [0.25, 0.3) is 0 Å². The molecule has 0 aliphatic carbocycles. The van der Waals surface area contributed by atoms with Crippen LogP contribution in [-0.4, -0.2) is 15.0 Å². The average molecular weight is 682 g/mol. The van der Waals surface area contributed by atoms with Gasteiger partial charge >= 0.3 is 0 Å². The first kappa shape index (κ1) is 29.1. The van der Waals surface area contributed by atoms with Crippen molar-refractivity contribution in [3.05, 3.63) is 164 Å². The zero-order valence-corrected chi connectivity index (χ0v) is 28.6. The van der Waals surface area contributed by atoms with Crippen LogP contribution in [0.4, 0.5) is 0 Å². The second kappa shape index (κ2) is 11.4. The minimum Gasteiger partial charge on any atom is -0.455 e. The minimum absolute atomic E-state index is 0.573. The van der Waals surface area contributed by atoms with Crippen LogP contribution in [0.3, 0.4) is 0 Å². The minimum atomic E-state index is 0.573. The van der Waals surface area contributed by atoms with Gasteiger partial charge in [-0.05, 0) is 69.1 Å². The summed E-state index contributed by atoms with van der Waals surface area (Å²) in [5, 5.41) is 9.83. The Hall–Kier alpha value is -6.69. The van der Waals surface area contributed by atoms with Crippen LogP contribution in [0.25, 0.3) is 109 Å². The molecule has 3 heterocycles. The second-order valence-corrected chi connectivity index (χ2v) is 14.3. The number of benzene rings is 8. The van der Waals surface area contributed by atoms with Crippen LogP contribution >= 0.6 is 11.3 Å². The molecule has 0 aliphatic rings. The summed E-state index contributed by atoms with van der Waals surface area (Å²) < 4.78 is 9.05. The predicted molar refractivity (Wildman–Crippen MR) is 217 cm³/mol. The van der Waals surface area contributed by atoms with Crippen molar-refractivity contribution in [1.82, 2.24) is 15.0 Å². The summed E-state index contributed by atoms with van der Waals surface area (Å²) in [4.78, 5) is 15.2. The third-order valence-corrected chi connectivity index (χ3v) is 11.2. The molecule has 0 amide bonds. The quantitative estimate of drug-likeness (QED) is 0.174. The lowest BCUT2D eigenvalue weighted by Crippen LogP contribution is -2.00. The number of hydrogen-bond acceptors (Lipinski definition) is 5. The van der Waals surface area contributed by atoms with Gasteiger partial charge in [0.2, 0.25) is 0 Å². The lowest BCUT2D eigenvalue weighted by Gasteiger charge is -2.11. The van der Waals surface area contributed by atoms with Crippen molar-refractivity contribution in [2.45, 2.75) is 0 Å². The molecule has 8 aromatic carbocycles. The Kier molecular flexibility index (Phi) is 6.39. The molecule has 52 heavy (non-hydrogen) atoms. The maximum absolute atomic E-state index is 6.41. The summed E-state index contributed by atoms with van der Waals surface area (Å²) in [6, 6.07) is 57.4. The van der Waals surface area contributed by atoms with E-state index in [0.717, 1.165) is 49.8 Å². The number of rotatable bonds is 4. The van der Waals surface area contributed by atoms with E-state index in [1.54, 1.807) is 0 Å². The van der Waals surface area contributed by atoms with Crippen LogP contribution in [0.2, 0.25) is 0 Å². The van der Waals surface area contributed by atoms with E-state index in [2.05, 4.69) is 103 Å². The topological polar surface area (TPSA) is 51.8 Å². The fourth-order valence-electron chi connectivity index (χ4n) is 7.65. The third-order valence-electron chi connectivity index (χ3n) is 10.1. The Balaban J connectivity index is 1.06. The van der Waals surface area contributed by atoms with Gasteiger partial charge in [-0.3, -0.25) is 0 Å². The van der Waals surface area contributed by atoms with Crippen molar-refractivity contribution < 1.29 is 4.42 Å². The van der Waals surface area contributed by atoms with Crippen LogP contribution in [0, 0.1) is 0 Å². The summed E-state index contributed by atoms with van der Waals surface area (Å²) >= 11 is 1.86. The Bertz CT molecular complexity index is 3200. The molecule has 0 radical (unpaired) electrons. The van der Waals surface area contributed by atoms with E-state index in [4.69, 9.17) is 19.4 Å². The van der Waals surface area contributed by atoms with E-state index in [-0.39, 0.29) is 0 Å². The Morgan fingerprint density at radius 3 is 1.98 bits per heavy atom. The summed E-state index contributed by atoms with van der Waals surface area (Å²) in [5.74, 6) is 1.80. The van der Waals surface area contributed by atoms with E-state index in [1.807, 2.05) is 72.0 Å². The van der Waals surface area contributed by atoms with Gasteiger partial charge in [-0.1, -0.05) is 127 Å². The van der Waals surface area contributed by atoms with Gasteiger partial charge in [0.05, 0.1) is 5.56 Å². The number of fused-ring (bicyclic) bond motifs is 10. The molecule has 0 saturated carbocycles. The van der Waals surface area contributed by atoms with Crippen molar-refractivity contribution in [3.8, 4) is 45.3 Å². The predicted octanol–water partition coefficient (Wildman–Crippen LogP) is 13.1. The molecule has 4 nitrogen and oxygen atoms in total. The fourth-order valence-corrected chi connectivity index (χ4v) is 8.77. The number of furan rings is 1. The molecule has 0 fully saturated rings.